The number of aromatic nitrogens is 1. The van der Waals surface area contributed by atoms with Crippen LogP contribution in [0.25, 0.3) is 10.6 Å². The first-order valence-corrected chi connectivity index (χ1v) is 9.58. The van der Waals surface area contributed by atoms with Crippen LogP contribution in [-0.4, -0.2) is 10.9 Å². The molecule has 0 spiro atoms. The number of thiazole rings is 1. The molecule has 0 saturated carbocycles. The molecule has 3 nitrogen and oxygen atoms in total. The Labute approximate surface area is 151 Å². The number of nitrogens with one attached hydrogen (secondary N) is 1. The molecule has 1 amide bonds. The van der Waals surface area contributed by atoms with Crippen LogP contribution in [0.4, 0.5) is 5.69 Å². The maximum Gasteiger partial charge on any atom is 0.229 e. The Balaban J connectivity index is 1.77. The first-order valence-electron chi connectivity index (χ1n) is 7.09. The SMILES string of the molecule is Cc1nc(-c2cccs2)c(CC(=O)Nc2ccc(C)c(Br)c2)s1. The van der Waals surface area contributed by atoms with Gasteiger partial charge in [-0.25, -0.2) is 4.98 Å². The lowest BCUT2D eigenvalue weighted by molar-refractivity contribution is -0.115. The summed E-state index contributed by atoms with van der Waals surface area (Å²) in [6, 6.07) is 9.86. The number of hydrogen-bond acceptors (Lipinski definition) is 4. The van der Waals surface area contributed by atoms with Crippen molar-refractivity contribution in [2.45, 2.75) is 20.3 Å². The molecule has 0 radical (unpaired) electrons. The highest BCUT2D eigenvalue weighted by molar-refractivity contribution is 9.10. The van der Waals surface area contributed by atoms with E-state index in [4.69, 9.17) is 0 Å². The molecule has 0 unspecified atom stereocenters. The molecule has 1 aromatic carbocycles. The average Bonchev–Trinajstić information content (AvgIpc) is 3.12. The van der Waals surface area contributed by atoms with Crippen LogP contribution in [-0.2, 0) is 11.2 Å². The summed E-state index contributed by atoms with van der Waals surface area (Å²) in [5.41, 5.74) is 2.87. The molecule has 0 bridgehead atoms. The Hall–Kier alpha value is -1.50. The monoisotopic (exact) mass is 406 g/mol. The number of halogens is 1. The Bertz CT molecular complexity index is 840. The standard InChI is InChI=1S/C17H15BrN2OS2/c1-10-5-6-12(8-13(10)18)20-16(21)9-15-17(19-11(2)23-15)14-4-3-7-22-14/h3-8H,9H2,1-2H3,(H,20,21). The molecule has 3 aromatic rings. The molecule has 0 saturated heterocycles. The molecule has 0 fully saturated rings. The van der Waals surface area contributed by atoms with Gasteiger partial charge in [-0.3, -0.25) is 4.79 Å². The summed E-state index contributed by atoms with van der Waals surface area (Å²) in [6.07, 6.45) is 0.338. The first kappa shape index (κ1) is 16.4. The number of benzene rings is 1. The van der Waals surface area contributed by atoms with Crippen LogP contribution < -0.4 is 5.32 Å². The molecule has 118 valence electrons. The molecule has 0 aliphatic rings. The molecule has 23 heavy (non-hydrogen) atoms. The number of carbonyl (C=O) groups excluding carboxylic acids is 1. The summed E-state index contributed by atoms with van der Waals surface area (Å²) in [4.78, 5) is 19.1. The van der Waals surface area contributed by atoms with Gasteiger partial charge in [-0.15, -0.1) is 22.7 Å². The molecule has 0 aliphatic carbocycles. The Morgan fingerprint density at radius 1 is 1.30 bits per heavy atom. The van der Waals surface area contributed by atoms with E-state index in [1.807, 2.05) is 49.6 Å². The van der Waals surface area contributed by atoms with Crippen molar-refractivity contribution in [3.05, 3.63) is 55.6 Å². The van der Waals surface area contributed by atoms with Crippen molar-refractivity contribution in [2.75, 3.05) is 5.32 Å². The summed E-state index contributed by atoms with van der Waals surface area (Å²) < 4.78 is 0.989. The van der Waals surface area contributed by atoms with Crippen molar-refractivity contribution in [2.24, 2.45) is 0 Å². The molecule has 0 atom stereocenters. The van der Waals surface area contributed by atoms with Gasteiger partial charge in [0.05, 0.1) is 22.0 Å². The lowest BCUT2D eigenvalue weighted by Crippen LogP contribution is -2.14. The average molecular weight is 407 g/mol. The van der Waals surface area contributed by atoms with E-state index >= 15 is 0 Å². The smallest absolute Gasteiger partial charge is 0.229 e. The predicted octanol–water partition coefficient (Wildman–Crippen LogP) is 5.43. The van der Waals surface area contributed by atoms with E-state index in [-0.39, 0.29) is 5.91 Å². The van der Waals surface area contributed by atoms with Gasteiger partial charge in [0.15, 0.2) is 0 Å². The molecule has 6 heteroatoms. The highest BCUT2D eigenvalue weighted by Crippen LogP contribution is 2.31. The molecule has 2 aromatic heterocycles. The van der Waals surface area contributed by atoms with Gasteiger partial charge in [-0.2, -0.15) is 0 Å². The van der Waals surface area contributed by atoms with Gasteiger partial charge in [0.25, 0.3) is 0 Å². The molecule has 1 N–H and O–H groups in total. The normalized spacial score (nSPS) is 10.7. The predicted molar refractivity (Wildman–Crippen MR) is 101 cm³/mol. The fourth-order valence-corrected chi connectivity index (χ4v) is 4.35. The number of thiophene rings is 1. The van der Waals surface area contributed by atoms with Crippen LogP contribution in [0.2, 0.25) is 0 Å². The van der Waals surface area contributed by atoms with Crippen molar-refractivity contribution >= 4 is 50.2 Å². The maximum absolute atomic E-state index is 12.4. The van der Waals surface area contributed by atoms with Crippen molar-refractivity contribution in [3.8, 4) is 10.6 Å². The Morgan fingerprint density at radius 3 is 2.83 bits per heavy atom. The molecule has 3 rings (SSSR count). The lowest BCUT2D eigenvalue weighted by atomic mass is 10.2. The quantitative estimate of drug-likeness (QED) is 0.627. The number of hydrogen-bond donors (Lipinski definition) is 1. The van der Waals surface area contributed by atoms with Crippen molar-refractivity contribution in [1.82, 2.24) is 4.98 Å². The minimum Gasteiger partial charge on any atom is -0.326 e. The second-order valence-corrected chi connectivity index (χ2v) is 8.26. The zero-order chi connectivity index (χ0) is 16.4. The van der Waals surface area contributed by atoms with Gasteiger partial charge in [0.1, 0.15) is 0 Å². The summed E-state index contributed by atoms with van der Waals surface area (Å²) in [5, 5.41) is 5.96. The minimum absolute atomic E-state index is 0.0257. The fourth-order valence-electron chi connectivity index (χ4n) is 2.22. The number of aryl methyl sites for hydroxylation is 2. The third kappa shape index (κ3) is 3.88. The van der Waals surface area contributed by atoms with E-state index in [0.717, 1.165) is 36.2 Å². The number of carbonyl (C=O) groups is 1. The van der Waals surface area contributed by atoms with Crippen molar-refractivity contribution < 1.29 is 4.79 Å². The van der Waals surface area contributed by atoms with Gasteiger partial charge in [-0.05, 0) is 43.0 Å². The Morgan fingerprint density at radius 2 is 2.13 bits per heavy atom. The fraction of sp³-hybridized carbons (Fsp3) is 0.176. The van der Waals surface area contributed by atoms with E-state index < -0.39 is 0 Å². The zero-order valence-electron chi connectivity index (χ0n) is 12.7. The minimum atomic E-state index is -0.0257. The molecular formula is C17H15BrN2OS2. The van der Waals surface area contributed by atoms with Crippen LogP contribution in [0.3, 0.4) is 0 Å². The number of anilines is 1. The van der Waals surface area contributed by atoms with Gasteiger partial charge < -0.3 is 5.32 Å². The zero-order valence-corrected chi connectivity index (χ0v) is 15.9. The summed E-state index contributed by atoms with van der Waals surface area (Å²) >= 11 is 6.71. The van der Waals surface area contributed by atoms with Crippen LogP contribution >= 0.6 is 38.6 Å². The first-order chi connectivity index (χ1) is 11.0. The number of amides is 1. The number of rotatable bonds is 4. The van der Waals surface area contributed by atoms with Crippen LogP contribution in [0.1, 0.15) is 15.4 Å². The van der Waals surface area contributed by atoms with E-state index in [2.05, 4.69) is 26.2 Å². The molecular weight excluding hydrogens is 392 g/mol. The molecule has 0 aliphatic heterocycles. The van der Waals surface area contributed by atoms with Gasteiger partial charge in [0, 0.05) is 15.0 Å². The summed E-state index contributed by atoms with van der Waals surface area (Å²) in [7, 11) is 0. The van der Waals surface area contributed by atoms with Gasteiger partial charge in [-0.1, -0.05) is 28.1 Å². The summed E-state index contributed by atoms with van der Waals surface area (Å²) in [6.45, 7) is 3.99. The van der Waals surface area contributed by atoms with Crippen molar-refractivity contribution in [1.29, 1.82) is 0 Å². The van der Waals surface area contributed by atoms with Crippen LogP contribution in [0.5, 0.6) is 0 Å². The number of nitrogens with zero attached hydrogens (tertiary/aromatic N) is 1. The van der Waals surface area contributed by atoms with Crippen molar-refractivity contribution in [3.63, 3.8) is 0 Å². The largest absolute Gasteiger partial charge is 0.326 e. The van der Waals surface area contributed by atoms with Gasteiger partial charge >= 0.3 is 0 Å². The molecule has 2 heterocycles. The lowest BCUT2D eigenvalue weighted by Gasteiger charge is -2.07. The highest BCUT2D eigenvalue weighted by Gasteiger charge is 2.15. The highest BCUT2D eigenvalue weighted by atomic mass is 79.9. The third-order valence-electron chi connectivity index (χ3n) is 3.34. The summed E-state index contributed by atoms with van der Waals surface area (Å²) in [5.74, 6) is -0.0257. The van der Waals surface area contributed by atoms with E-state index in [1.54, 1.807) is 22.7 Å². The second-order valence-electron chi connectivity index (χ2n) is 5.17. The van der Waals surface area contributed by atoms with E-state index in [0.29, 0.717) is 6.42 Å². The van der Waals surface area contributed by atoms with E-state index in [9.17, 15) is 4.79 Å². The topological polar surface area (TPSA) is 42.0 Å². The van der Waals surface area contributed by atoms with Crippen LogP contribution in [0, 0.1) is 13.8 Å². The van der Waals surface area contributed by atoms with Gasteiger partial charge in [0.2, 0.25) is 5.91 Å². The van der Waals surface area contributed by atoms with Crippen LogP contribution in [0.15, 0.2) is 40.2 Å². The Kier molecular flexibility index (Phi) is 4.94. The van der Waals surface area contributed by atoms with E-state index in [1.165, 1.54) is 0 Å². The maximum atomic E-state index is 12.4. The third-order valence-corrected chi connectivity index (χ3v) is 6.04. The second kappa shape index (κ2) is 6.95.